The summed E-state index contributed by atoms with van der Waals surface area (Å²) in [6.45, 7) is 0.905. The number of hydrogen-bond donors (Lipinski definition) is 0. The fraction of sp³-hybridized carbons (Fsp3) is 0.238. The van der Waals surface area contributed by atoms with Gasteiger partial charge in [-0.3, -0.25) is 4.40 Å². The van der Waals surface area contributed by atoms with E-state index in [0.717, 1.165) is 34.0 Å². The van der Waals surface area contributed by atoms with Crippen molar-refractivity contribution in [3.05, 3.63) is 65.8 Å². The molecule has 2 aliphatic rings. The first-order valence-corrected chi connectivity index (χ1v) is 9.48. The van der Waals surface area contributed by atoms with Crippen molar-refractivity contribution >= 4 is 5.65 Å². The van der Waals surface area contributed by atoms with Crippen LogP contribution in [0.1, 0.15) is 22.7 Å². The Morgan fingerprint density at radius 3 is 2.83 bits per heavy atom. The van der Waals surface area contributed by atoms with Gasteiger partial charge in [-0.25, -0.2) is 14.4 Å². The highest BCUT2D eigenvalue weighted by atomic mass is 19.1. The van der Waals surface area contributed by atoms with E-state index >= 15 is 0 Å². The van der Waals surface area contributed by atoms with Crippen molar-refractivity contribution in [1.82, 2.24) is 24.6 Å². The van der Waals surface area contributed by atoms with E-state index in [-0.39, 0.29) is 11.7 Å². The van der Waals surface area contributed by atoms with E-state index in [4.69, 9.17) is 9.47 Å². The summed E-state index contributed by atoms with van der Waals surface area (Å²) in [5, 5.41) is 8.38. The van der Waals surface area contributed by atoms with Crippen molar-refractivity contribution in [3.8, 4) is 22.8 Å². The number of rotatable bonds is 1. The molecular formula is C21H16FN5O2. The fourth-order valence-electron chi connectivity index (χ4n) is 4.30. The Morgan fingerprint density at radius 1 is 1.07 bits per heavy atom. The fourth-order valence-corrected chi connectivity index (χ4v) is 4.30. The third-order valence-corrected chi connectivity index (χ3v) is 5.66. The van der Waals surface area contributed by atoms with Gasteiger partial charge in [-0.2, -0.15) is 0 Å². The number of benzene rings is 1. The van der Waals surface area contributed by atoms with E-state index in [0.29, 0.717) is 37.3 Å². The topological polar surface area (TPSA) is 74.4 Å². The summed E-state index contributed by atoms with van der Waals surface area (Å²) in [6, 6.07) is 6.98. The molecule has 1 aromatic carbocycles. The number of ether oxygens (including phenoxy) is 2. The van der Waals surface area contributed by atoms with Crippen molar-refractivity contribution < 1.29 is 13.9 Å². The number of aryl methyl sites for hydroxylation is 1. The molecule has 0 N–H and O–H groups in total. The molecule has 8 heteroatoms. The van der Waals surface area contributed by atoms with Gasteiger partial charge in [-0.05, 0) is 42.7 Å². The second kappa shape index (κ2) is 6.23. The van der Waals surface area contributed by atoms with E-state index < -0.39 is 0 Å². The van der Waals surface area contributed by atoms with Gasteiger partial charge in [-0.15, -0.1) is 10.2 Å². The van der Waals surface area contributed by atoms with Gasteiger partial charge < -0.3 is 9.47 Å². The first-order chi connectivity index (χ1) is 14.3. The van der Waals surface area contributed by atoms with Crippen molar-refractivity contribution in [2.24, 2.45) is 0 Å². The van der Waals surface area contributed by atoms with Gasteiger partial charge in [0.2, 0.25) is 0 Å². The number of nitrogens with zero attached hydrogens (tertiary/aromatic N) is 5. The van der Waals surface area contributed by atoms with Gasteiger partial charge in [0.1, 0.15) is 30.0 Å². The zero-order chi connectivity index (χ0) is 19.4. The minimum atomic E-state index is -0.194. The number of pyridine rings is 1. The SMILES string of the molecule is Fc1ccc2c3c1CCc1c(cc(-c4ccncn4)c4nncn14)OC[C@H]3CO2. The molecule has 0 fully saturated rings. The van der Waals surface area contributed by atoms with Crippen molar-refractivity contribution in [3.63, 3.8) is 0 Å². The quantitative estimate of drug-likeness (QED) is 0.498. The molecule has 0 saturated carbocycles. The lowest BCUT2D eigenvalue weighted by atomic mass is 9.93. The number of halogens is 1. The highest BCUT2D eigenvalue weighted by Crippen LogP contribution is 2.41. The lowest BCUT2D eigenvalue weighted by Crippen LogP contribution is -2.13. The molecule has 144 valence electrons. The maximum Gasteiger partial charge on any atom is 0.170 e. The van der Waals surface area contributed by atoms with Crippen LogP contribution in [0.15, 0.2) is 43.1 Å². The van der Waals surface area contributed by atoms with Crippen molar-refractivity contribution in [2.75, 3.05) is 13.2 Å². The molecule has 2 aliphatic heterocycles. The molecular weight excluding hydrogens is 373 g/mol. The molecule has 29 heavy (non-hydrogen) atoms. The van der Waals surface area contributed by atoms with Crippen molar-refractivity contribution in [2.45, 2.75) is 18.8 Å². The average Bonchev–Trinajstić information content (AvgIpc) is 3.40. The smallest absolute Gasteiger partial charge is 0.170 e. The molecule has 0 bridgehead atoms. The van der Waals surface area contributed by atoms with E-state index in [1.165, 1.54) is 12.4 Å². The van der Waals surface area contributed by atoms with Gasteiger partial charge in [-0.1, -0.05) is 0 Å². The Morgan fingerprint density at radius 2 is 1.97 bits per heavy atom. The summed E-state index contributed by atoms with van der Waals surface area (Å²) >= 11 is 0. The number of aromatic nitrogens is 5. The Kier molecular flexibility index (Phi) is 3.53. The Balaban J connectivity index is 1.53. The minimum Gasteiger partial charge on any atom is -0.493 e. The van der Waals surface area contributed by atoms with Crippen LogP contribution in [-0.4, -0.2) is 37.8 Å². The van der Waals surface area contributed by atoms with Crippen LogP contribution >= 0.6 is 0 Å². The molecule has 6 rings (SSSR count). The molecule has 0 radical (unpaired) electrons. The second-order valence-corrected chi connectivity index (χ2v) is 7.24. The van der Waals surface area contributed by atoms with Crippen LogP contribution in [0.5, 0.6) is 11.5 Å². The molecule has 1 atom stereocenters. The van der Waals surface area contributed by atoms with Crippen LogP contribution in [0.3, 0.4) is 0 Å². The Bertz CT molecular complexity index is 1240. The maximum absolute atomic E-state index is 14.7. The van der Waals surface area contributed by atoms with Crippen LogP contribution in [0.25, 0.3) is 16.9 Å². The standard InChI is InChI=1S/C21H16FN5O2/c22-15-2-4-18-20-12(8-28-18)9-29-19-7-14(16-5-6-23-10-24-16)21-26-25-11-27(21)17(19)3-1-13(15)20/h2,4-7,10-12H,1,3,8-9H2/t12-/m1/s1. The van der Waals surface area contributed by atoms with Gasteiger partial charge in [0.05, 0.1) is 30.5 Å². The second-order valence-electron chi connectivity index (χ2n) is 7.24. The summed E-state index contributed by atoms with van der Waals surface area (Å²) in [7, 11) is 0. The molecule has 0 aliphatic carbocycles. The van der Waals surface area contributed by atoms with Crippen LogP contribution in [0.2, 0.25) is 0 Å². The summed E-state index contributed by atoms with van der Waals surface area (Å²) in [4.78, 5) is 8.34. The summed E-state index contributed by atoms with van der Waals surface area (Å²) < 4.78 is 28.6. The molecule has 0 spiro atoms. The van der Waals surface area contributed by atoms with Crippen LogP contribution < -0.4 is 9.47 Å². The predicted molar refractivity (Wildman–Crippen MR) is 102 cm³/mol. The van der Waals surface area contributed by atoms with Gasteiger partial charge in [0.15, 0.2) is 5.65 Å². The molecule has 0 unspecified atom stereocenters. The van der Waals surface area contributed by atoms with Gasteiger partial charge in [0, 0.05) is 17.3 Å². The predicted octanol–water partition coefficient (Wildman–Crippen LogP) is 2.98. The Hall–Kier alpha value is -3.55. The minimum absolute atomic E-state index is 0.000703. The number of hydrogen-bond acceptors (Lipinski definition) is 6. The summed E-state index contributed by atoms with van der Waals surface area (Å²) in [5.41, 5.74) is 4.81. The third kappa shape index (κ3) is 2.48. The van der Waals surface area contributed by atoms with E-state index in [1.807, 2.05) is 16.5 Å². The van der Waals surface area contributed by atoms with Crippen LogP contribution in [0.4, 0.5) is 4.39 Å². The molecule has 0 amide bonds. The van der Waals surface area contributed by atoms with E-state index in [1.54, 1.807) is 18.6 Å². The maximum atomic E-state index is 14.7. The van der Waals surface area contributed by atoms with Gasteiger partial charge >= 0.3 is 0 Å². The van der Waals surface area contributed by atoms with Crippen LogP contribution in [-0.2, 0) is 12.8 Å². The normalized spacial score (nSPS) is 17.5. The van der Waals surface area contributed by atoms with E-state index in [9.17, 15) is 4.39 Å². The third-order valence-electron chi connectivity index (χ3n) is 5.66. The highest BCUT2D eigenvalue weighted by molar-refractivity contribution is 5.76. The average molecular weight is 389 g/mol. The molecule has 5 heterocycles. The molecule has 0 saturated heterocycles. The summed E-state index contributed by atoms with van der Waals surface area (Å²) in [5.74, 6) is 1.30. The molecule has 4 aromatic rings. The monoisotopic (exact) mass is 389 g/mol. The lowest BCUT2D eigenvalue weighted by molar-refractivity contribution is 0.246. The zero-order valence-electron chi connectivity index (χ0n) is 15.4. The summed E-state index contributed by atoms with van der Waals surface area (Å²) in [6.07, 6.45) is 6.00. The van der Waals surface area contributed by atoms with Crippen molar-refractivity contribution in [1.29, 1.82) is 0 Å². The first kappa shape index (κ1) is 16.4. The zero-order valence-corrected chi connectivity index (χ0v) is 15.4. The van der Waals surface area contributed by atoms with Crippen LogP contribution in [0, 0.1) is 5.82 Å². The molecule has 7 nitrogen and oxygen atoms in total. The largest absolute Gasteiger partial charge is 0.493 e. The first-order valence-electron chi connectivity index (χ1n) is 9.48. The number of fused-ring (bicyclic) bond motifs is 3. The van der Waals surface area contributed by atoms with E-state index in [2.05, 4.69) is 20.2 Å². The Labute approximate surface area is 165 Å². The van der Waals surface area contributed by atoms with Gasteiger partial charge in [0.25, 0.3) is 0 Å². The lowest BCUT2D eigenvalue weighted by Gasteiger charge is -2.15. The molecule has 3 aromatic heterocycles. The highest BCUT2D eigenvalue weighted by Gasteiger charge is 2.31.